The maximum atomic E-state index is 2.38. The van der Waals surface area contributed by atoms with Crippen molar-refractivity contribution in [3.05, 3.63) is 96.1 Å². The lowest BCUT2D eigenvalue weighted by atomic mass is 10.0. The number of benzene rings is 5. The van der Waals surface area contributed by atoms with Gasteiger partial charge in [0.25, 0.3) is 0 Å². The first-order valence-electron chi connectivity index (χ1n) is 13.3. The highest BCUT2D eigenvalue weighted by Gasteiger charge is 2.16. The maximum Gasteiger partial charge on any atom is 0.0496 e. The van der Waals surface area contributed by atoms with Crippen molar-refractivity contribution in [2.75, 3.05) is 0 Å². The molecule has 0 radical (unpaired) electrons. The van der Waals surface area contributed by atoms with Gasteiger partial charge in [-0.3, -0.25) is 0 Å². The Morgan fingerprint density at radius 1 is 0.342 bits per heavy atom. The number of hydrogen-bond donors (Lipinski definition) is 0. The molecular formula is C35H29N3. The molecule has 0 amide bonds. The van der Waals surface area contributed by atoms with Crippen molar-refractivity contribution >= 4 is 65.4 Å². The fourth-order valence-corrected chi connectivity index (χ4v) is 6.68. The smallest absolute Gasteiger partial charge is 0.0496 e. The first kappa shape index (κ1) is 21.6. The van der Waals surface area contributed by atoms with E-state index in [0.29, 0.717) is 0 Å². The molecule has 0 aliphatic carbocycles. The van der Waals surface area contributed by atoms with Crippen molar-refractivity contribution in [2.24, 2.45) is 21.1 Å². The minimum absolute atomic E-state index is 1.25. The molecule has 0 unspecified atom stereocenters. The summed E-state index contributed by atoms with van der Waals surface area (Å²) in [5.41, 5.74) is 12.8. The summed E-state index contributed by atoms with van der Waals surface area (Å²) in [5.74, 6) is 0. The molecule has 8 aromatic rings. The average Bonchev–Trinajstić information content (AvgIpc) is 3.48. The van der Waals surface area contributed by atoms with Gasteiger partial charge in [0, 0.05) is 86.6 Å². The fourth-order valence-electron chi connectivity index (χ4n) is 6.68. The quantitative estimate of drug-likeness (QED) is 0.218. The van der Waals surface area contributed by atoms with Gasteiger partial charge in [-0.25, -0.2) is 0 Å². The number of hydrogen-bond acceptors (Lipinski definition) is 0. The number of aryl methyl sites for hydroxylation is 5. The minimum Gasteiger partial charge on any atom is -0.344 e. The summed E-state index contributed by atoms with van der Waals surface area (Å²) >= 11 is 0. The summed E-state index contributed by atoms with van der Waals surface area (Å²) < 4.78 is 7.03. The molecule has 3 nitrogen and oxygen atoms in total. The number of fused-ring (bicyclic) bond motifs is 9. The topological polar surface area (TPSA) is 14.8 Å². The first-order valence-corrected chi connectivity index (χ1v) is 13.3. The van der Waals surface area contributed by atoms with Crippen LogP contribution in [0.25, 0.3) is 76.5 Å². The van der Waals surface area contributed by atoms with Crippen LogP contribution in [0.4, 0.5) is 0 Å². The molecule has 3 heterocycles. The number of nitrogens with zero attached hydrogens (tertiary/aromatic N) is 3. The van der Waals surface area contributed by atoms with Crippen molar-refractivity contribution in [3.8, 4) is 11.1 Å². The van der Waals surface area contributed by atoms with Crippen LogP contribution < -0.4 is 0 Å². The summed E-state index contributed by atoms with van der Waals surface area (Å²) in [6.45, 7) is 4.32. The van der Waals surface area contributed by atoms with Crippen molar-refractivity contribution in [2.45, 2.75) is 13.8 Å². The van der Waals surface area contributed by atoms with Gasteiger partial charge in [-0.1, -0.05) is 48.5 Å². The molecular weight excluding hydrogens is 462 g/mol. The third kappa shape index (κ3) is 2.74. The van der Waals surface area contributed by atoms with E-state index in [1.54, 1.807) is 0 Å². The van der Waals surface area contributed by atoms with E-state index in [2.05, 4.69) is 134 Å². The summed E-state index contributed by atoms with van der Waals surface area (Å²) in [6, 6.07) is 32.1. The van der Waals surface area contributed by atoms with Gasteiger partial charge in [-0.2, -0.15) is 0 Å². The molecule has 3 aromatic heterocycles. The highest BCUT2D eigenvalue weighted by Crippen LogP contribution is 2.38. The molecule has 0 spiro atoms. The van der Waals surface area contributed by atoms with E-state index in [4.69, 9.17) is 0 Å². The largest absolute Gasteiger partial charge is 0.344 e. The highest BCUT2D eigenvalue weighted by atomic mass is 15.0. The van der Waals surface area contributed by atoms with E-state index in [0.717, 1.165) is 0 Å². The summed E-state index contributed by atoms with van der Waals surface area (Å²) in [5, 5.41) is 7.88. The Kier molecular flexibility index (Phi) is 4.14. The van der Waals surface area contributed by atoms with Gasteiger partial charge in [0.05, 0.1) is 0 Å². The predicted molar refractivity (Wildman–Crippen MR) is 163 cm³/mol. The molecule has 38 heavy (non-hydrogen) atoms. The van der Waals surface area contributed by atoms with Crippen LogP contribution in [-0.4, -0.2) is 13.7 Å². The summed E-state index contributed by atoms with van der Waals surface area (Å²) in [6.07, 6.45) is 0. The zero-order valence-electron chi connectivity index (χ0n) is 22.4. The molecule has 5 aromatic carbocycles. The molecule has 0 aliphatic rings. The van der Waals surface area contributed by atoms with Crippen LogP contribution in [-0.2, 0) is 21.1 Å². The van der Waals surface area contributed by atoms with Crippen molar-refractivity contribution in [1.29, 1.82) is 0 Å². The Morgan fingerprint density at radius 2 is 0.658 bits per heavy atom. The van der Waals surface area contributed by atoms with Gasteiger partial charge in [0.15, 0.2) is 0 Å². The monoisotopic (exact) mass is 491 g/mol. The Bertz CT molecular complexity index is 2280. The highest BCUT2D eigenvalue weighted by molar-refractivity contribution is 6.18. The van der Waals surface area contributed by atoms with Crippen molar-refractivity contribution < 1.29 is 0 Å². The Balaban J connectivity index is 1.35. The molecule has 0 N–H and O–H groups in total. The van der Waals surface area contributed by atoms with Crippen LogP contribution in [0.2, 0.25) is 0 Å². The zero-order valence-corrected chi connectivity index (χ0v) is 22.4. The maximum absolute atomic E-state index is 2.38. The van der Waals surface area contributed by atoms with Crippen LogP contribution >= 0.6 is 0 Å². The van der Waals surface area contributed by atoms with E-state index >= 15 is 0 Å². The molecule has 0 saturated heterocycles. The van der Waals surface area contributed by atoms with Crippen molar-refractivity contribution in [3.63, 3.8) is 0 Å². The lowest BCUT2D eigenvalue weighted by Crippen LogP contribution is -1.89. The van der Waals surface area contributed by atoms with E-state index in [-0.39, 0.29) is 0 Å². The van der Waals surface area contributed by atoms with E-state index < -0.39 is 0 Å². The second kappa shape index (κ2) is 7.29. The molecule has 184 valence electrons. The SMILES string of the molecule is Cc1ccc2c3ccc(-c4ccc5c6cc7c(cc6n(C)c5c4)c4ccc(C)cc4n7C)cc3n(C)c2c1. The second-order valence-corrected chi connectivity index (χ2v) is 11.1. The lowest BCUT2D eigenvalue weighted by Gasteiger charge is -2.06. The zero-order chi connectivity index (χ0) is 25.9. The normalized spacial score (nSPS) is 12.3. The molecule has 0 aliphatic heterocycles. The van der Waals surface area contributed by atoms with Crippen LogP contribution in [0.5, 0.6) is 0 Å². The first-order chi connectivity index (χ1) is 18.4. The van der Waals surface area contributed by atoms with Crippen LogP contribution in [0, 0.1) is 13.8 Å². The Hall–Kier alpha value is -4.50. The summed E-state index contributed by atoms with van der Waals surface area (Å²) in [7, 11) is 6.56. The molecule has 0 atom stereocenters. The molecule has 8 rings (SSSR count). The van der Waals surface area contributed by atoms with E-state index in [1.807, 2.05) is 0 Å². The lowest BCUT2D eigenvalue weighted by molar-refractivity contribution is 1.01. The number of aromatic nitrogens is 3. The molecule has 0 bridgehead atoms. The molecule has 0 saturated carbocycles. The second-order valence-electron chi connectivity index (χ2n) is 11.1. The van der Waals surface area contributed by atoms with Gasteiger partial charge in [0.2, 0.25) is 0 Å². The minimum atomic E-state index is 1.25. The van der Waals surface area contributed by atoms with E-state index in [9.17, 15) is 0 Å². The molecule has 3 heteroatoms. The average molecular weight is 492 g/mol. The predicted octanol–water partition coefficient (Wildman–Crippen LogP) is 8.91. The van der Waals surface area contributed by atoms with Crippen LogP contribution in [0.3, 0.4) is 0 Å². The van der Waals surface area contributed by atoms with Crippen LogP contribution in [0.1, 0.15) is 11.1 Å². The third-order valence-corrected chi connectivity index (χ3v) is 8.79. The van der Waals surface area contributed by atoms with Gasteiger partial charge in [-0.15, -0.1) is 0 Å². The summed E-state index contributed by atoms with van der Waals surface area (Å²) in [4.78, 5) is 0. The molecule has 0 fully saturated rings. The Labute approximate surface area is 221 Å². The van der Waals surface area contributed by atoms with Crippen molar-refractivity contribution in [1.82, 2.24) is 13.7 Å². The number of rotatable bonds is 1. The Morgan fingerprint density at radius 3 is 1.08 bits per heavy atom. The van der Waals surface area contributed by atoms with Gasteiger partial charge in [0.1, 0.15) is 0 Å². The van der Waals surface area contributed by atoms with Crippen LogP contribution in [0.15, 0.2) is 84.9 Å². The third-order valence-electron chi connectivity index (χ3n) is 8.79. The standard InChI is InChI=1S/C35H29N3/c1-20-6-10-24-25-12-8-22(16-32(25)36(3)30(24)14-20)23-9-13-27-29-19-34-28(18-35(29)38(5)33(27)17-23)26-11-7-21(2)15-31(26)37(34)4/h6-19H,1-5H3. The van der Waals surface area contributed by atoms with E-state index in [1.165, 1.54) is 87.7 Å². The van der Waals surface area contributed by atoms with Gasteiger partial charge in [-0.05, 0) is 72.5 Å². The van der Waals surface area contributed by atoms with Gasteiger partial charge < -0.3 is 13.7 Å². The fraction of sp³-hybridized carbons (Fsp3) is 0.143. The van der Waals surface area contributed by atoms with Gasteiger partial charge >= 0.3 is 0 Å².